The number of thioether (sulfide) groups is 1. The third-order valence-electron chi connectivity index (χ3n) is 2.63. The number of carbonyl (C=O) groups excluding carboxylic acids is 2. The van der Waals surface area contributed by atoms with Gasteiger partial charge in [0.2, 0.25) is 5.91 Å². The van der Waals surface area contributed by atoms with Crippen molar-refractivity contribution >= 4 is 29.1 Å². The Labute approximate surface area is 116 Å². The number of anilines is 1. The van der Waals surface area contributed by atoms with E-state index >= 15 is 0 Å². The zero-order valence-corrected chi connectivity index (χ0v) is 12.0. The van der Waals surface area contributed by atoms with E-state index in [1.165, 1.54) is 6.92 Å². The standard InChI is InChI=1S/C14H16N2O2S/c1-9(17)15-11-4-5-13-12(6-11)14(18)10(8-19-13)7-16(2)3/h4-7H,8H2,1-3H3,(H,15,17)/b10-7+. The van der Waals surface area contributed by atoms with Crippen molar-refractivity contribution in [2.45, 2.75) is 11.8 Å². The van der Waals surface area contributed by atoms with E-state index in [1.807, 2.05) is 37.3 Å². The number of hydrogen-bond acceptors (Lipinski definition) is 4. The lowest BCUT2D eigenvalue weighted by Gasteiger charge is -2.19. The van der Waals surface area contributed by atoms with Crippen molar-refractivity contribution in [2.75, 3.05) is 25.2 Å². The number of benzene rings is 1. The summed E-state index contributed by atoms with van der Waals surface area (Å²) in [5, 5.41) is 2.70. The summed E-state index contributed by atoms with van der Waals surface area (Å²) >= 11 is 1.64. The van der Waals surface area contributed by atoms with Crippen molar-refractivity contribution in [3.05, 3.63) is 35.5 Å². The first-order valence-corrected chi connectivity index (χ1v) is 6.92. The van der Waals surface area contributed by atoms with Crippen LogP contribution in [0.4, 0.5) is 5.69 Å². The predicted molar refractivity (Wildman–Crippen MR) is 77.6 cm³/mol. The first-order valence-electron chi connectivity index (χ1n) is 5.93. The molecule has 1 heterocycles. The summed E-state index contributed by atoms with van der Waals surface area (Å²) in [7, 11) is 3.79. The second-order valence-electron chi connectivity index (χ2n) is 4.63. The molecule has 4 nitrogen and oxygen atoms in total. The number of carbonyl (C=O) groups is 2. The molecule has 5 heteroatoms. The molecule has 0 atom stereocenters. The number of amides is 1. The fraction of sp³-hybridized carbons (Fsp3) is 0.286. The molecule has 0 bridgehead atoms. The Hall–Kier alpha value is -1.75. The zero-order valence-electron chi connectivity index (χ0n) is 11.2. The highest BCUT2D eigenvalue weighted by atomic mass is 32.2. The van der Waals surface area contributed by atoms with Gasteiger partial charge < -0.3 is 10.2 Å². The van der Waals surface area contributed by atoms with E-state index in [-0.39, 0.29) is 11.7 Å². The van der Waals surface area contributed by atoms with Crippen LogP contribution < -0.4 is 5.32 Å². The van der Waals surface area contributed by atoms with E-state index in [0.717, 1.165) is 10.5 Å². The maximum Gasteiger partial charge on any atom is 0.221 e. The summed E-state index contributed by atoms with van der Waals surface area (Å²) in [6, 6.07) is 5.45. The molecule has 0 spiro atoms. The molecule has 1 N–H and O–H groups in total. The minimum atomic E-state index is -0.139. The molecular formula is C14H16N2O2S. The molecule has 1 aromatic rings. The van der Waals surface area contributed by atoms with Crippen LogP contribution >= 0.6 is 11.8 Å². The average Bonchev–Trinajstić information content (AvgIpc) is 2.32. The lowest BCUT2D eigenvalue weighted by Crippen LogP contribution is -2.16. The van der Waals surface area contributed by atoms with Crippen LogP contribution in [0.15, 0.2) is 34.9 Å². The van der Waals surface area contributed by atoms with Gasteiger partial charge in [0.05, 0.1) is 0 Å². The summed E-state index contributed by atoms with van der Waals surface area (Å²) in [4.78, 5) is 26.3. The number of fused-ring (bicyclic) bond motifs is 1. The van der Waals surface area contributed by atoms with Gasteiger partial charge in [-0.15, -0.1) is 11.8 Å². The fourth-order valence-electron chi connectivity index (χ4n) is 1.92. The van der Waals surface area contributed by atoms with Crippen molar-refractivity contribution in [1.82, 2.24) is 4.90 Å². The van der Waals surface area contributed by atoms with Gasteiger partial charge in [0.15, 0.2) is 5.78 Å². The van der Waals surface area contributed by atoms with Crippen LogP contribution in [0, 0.1) is 0 Å². The maximum atomic E-state index is 12.4. The molecule has 1 aliphatic rings. The van der Waals surface area contributed by atoms with Crippen LogP contribution in [-0.2, 0) is 4.79 Å². The molecule has 0 saturated heterocycles. The Bertz CT molecular complexity index is 565. The Balaban J connectivity index is 2.36. The van der Waals surface area contributed by atoms with Gasteiger partial charge in [-0.05, 0) is 18.2 Å². The third kappa shape index (κ3) is 3.17. The minimum absolute atomic E-state index is 0.0367. The second-order valence-corrected chi connectivity index (χ2v) is 5.65. The van der Waals surface area contributed by atoms with Gasteiger partial charge in [0.1, 0.15) is 0 Å². The quantitative estimate of drug-likeness (QED) is 0.843. The van der Waals surface area contributed by atoms with Crippen LogP contribution in [0.1, 0.15) is 17.3 Å². The summed E-state index contributed by atoms with van der Waals surface area (Å²) in [6.07, 6.45) is 1.85. The van der Waals surface area contributed by atoms with Crippen molar-refractivity contribution in [3.63, 3.8) is 0 Å². The molecule has 0 unspecified atom stereocenters. The Kier molecular flexibility index (Phi) is 3.95. The van der Waals surface area contributed by atoms with E-state index in [1.54, 1.807) is 17.8 Å². The summed E-state index contributed by atoms with van der Waals surface area (Å²) in [6.45, 7) is 1.45. The molecule has 0 aliphatic carbocycles. The van der Waals surface area contributed by atoms with E-state index in [2.05, 4.69) is 5.32 Å². The van der Waals surface area contributed by atoms with E-state index in [9.17, 15) is 9.59 Å². The molecule has 0 aromatic heterocycles. The molecule has 100 valence electrons. The molecular weight excluding hydrogens is 260 g/mol. The van der Waals surface area contributed by atoms with Gasteiger partial charge in [-0.25, -0.2) is 0 Å². The molecule has 1 aliphatic heterocycles. The summed E-state index contributed by atoms with van der Waals surface area (Å²) in [5.74, 6) is 0.582. The topological polar surface area (TPSA) is 49.4 Å². The van der Waals surface area contributed by atoms with Crippen LogP contribution in [0.5, 0.6) is 0 Å². The van der Waals surface area contributed by atoms with Crippen LogP contribution in [-0.4, -0.2) is 36.4 Å². The number of ketones is 1. The molecule has 0 saturated carbocycles. The second kappa shape index (κ2) is 5.48. The van der Waals surface area contributed by atoms with E-state index in [0.29, 0.717) is 17.0 Å². The normalized spacial score (nSPS) is 16.2. The highest BCUT2D eigenvalue weighted by molar-refractivity contribution is 7.99. The van der Waals surface area contributed by atoms with Crippen molar-refractivity contribution in [2.24, 2.45) is 0 Å². The fourth-order valence-corrected chi connectivity index (χ4v) is 2.90. The number of nitrogens with one attached hydrogen (secondary N) is 1. The van der Waals surface area contributed by atoms with Gasteiger partial charge in [0, 0.05) is 54.7 Å². The molecule has 0 fully saturated rings. The summed E-state index contributed by atoms with van der Waals surface area (Å²) in [5.41, 5.74) is 2.10. The Morgan fingerprint density at radius 1 is 1.42 bits per heavy atom. The van der Waals surface area contributed by atoms with Gasteiger partial charge >= 0.3 is 0 Å². The highest BCUT2D eigenvalue weighted by Crippen LogP contribution is 2.34. The maximum absolute atomic E-state index is 12.4. The molecule has 2 rings (SSSR count). The zero-order chi connectivity index (χ0) is 14.0. The smallest absolute Gasteiger partial charge is 0.221 e. The van der Waals surface area contributed by atoms with Gasteiger partial charge in [-0.1, -0.05) is 0 Å². The predicted octanol–water partition coefficient (Wildman–Crippen LogP) is 2.38. The van der Waals surface area contributed by atoms with Crippen molar-refractivity contribution in [1.29, 1.82) is 0 Å². The monoisotopic (exact) mass is 276 g/mol. The summed E-state index contributed by atoms with van der Waals surface area (Å²) < 4.78 is 0. The van der Waals surface area contributed by atoms with Crippen molar-refractivity contribution < 1.29 is 9.59 Å². The van der Waals surface area contributed by atoms with Crippen LogP contribution in [0.25, 0.3) is 0 Å². The van der Waals surface area contributed by atoms with E-state index in [4.69, 9.17) is 0 Å². The lowest BCUT2D eigenvalue weighted by molar-refractivity contribution is -0.114. The van der Waals surface area contributed by atoms with Gasteiger partial charge in [-0.3, -0.25) is 9.59 Å². The SMILES string of the molecule is CC(=O)Nc1ccc2c(c1)C(=O)/C(=C/N(C)C)CS2. The first-order chi connectivity index (χ1) is 8.97. The van der Waals surface area contributed by atoms with Crippen LogP contribution in [0.3, 0.4) is 0 Å². The number of nitrogens with zero attached hydrogens (tertiary/aromatic N) is 1. The third-order valence-corrected chi connectivity index (χ3v) is 3.76. The lowest BCUT2D eigenvalue weighted by atomic mass is 10.0. The Morgan fingerprint density at radius 3 is 2.79 bits per heavy atom. The molecule has 1 amide bonds. The minimum Gasteiger partial charge on any atom is -0.383 e. The van der Waals surface area contributed by atoms with E-state index < -0.39 is 0 Å². The average molecular weight is 276 g/mol. The van der Waals surface area contributed by atoms with Crippen molar-refractivity contribution in [3.8, 4) is 0 Å². The number of Topliss-reactive ketones (excluding diaryl/α,β-unsaturated/α-hetero) is 1. The number of rotatable bonds is 2. The molecule has 0 radical (unpaired) electrons. The van der Waals surface area contributed by atoms with Crippen LogP contribution in [0.2, 0.25) is 0 Å². The van der Waals surface area contributed by atoms with Gasteiger partial charge in [-0.2, -0.15) is 0 Å². The highest BCUT2D eigenvalue weighted by Gasteiger charge is 2.23. The number of hydrogen-bond donors (Lipinski definition) is 1. The first kappa shape index (κ1) is 13.7. The largest absolute Gasteiger partial charge is 0.383 e. The molecule has 19 heavy (non-hydrogen) atoms. The Morgan fingerprint density at radius 2 is 2.16 bits per heavy atom. The van der Waals surface area contributed by atoms with Gasteiger partial charge in [0.25, 0.3) is 0 Å². The molecule has 1 aromatic carbocycles.